The summed E-state index contributed by atoms with van der Waals surface area (Å²) in [6.45, 7) is 4.83. The summed E-state index contributed by atoms with van der Waals surface area (Å²) in [5.74, 6) is 0.767. The summed E-state index contributed by atoms with van der Waals surface area (Å²) in [6.07, 6.45) is 5.57. The lowest BCUT2D eigenvalue weighted by Crippen LogP contribution is -2.48. The molecule has 2 amide bonds. The number of piperidine rings is 1. The van der Waals surface area contributed by atoms with Crippen LogP contribution in [0.25, 0.3) is 11.0 Å². The number of rotatable bonds is 5. The number of hydrogen-bond acceptors (Lipinski definition) is 4. The van der Waals surface area contributed by atoms with E-state index in [1.54, 1.807) is 0 Å². The second-order valence-electron chi connectivity index (χ2n) is 7.43. The normalized spacial score (nSPS) is 16.8. The Labute approximate surface area is 164 Å². The van der Waals surface area contributed by atoms with Gasteiger partial charge in [0.1, 0.15) is 11.3 Å². The van der Waals surface area contributed by atoms with Gasteiger partial charge in [0.25, 0.3) is 0 Å². The molecule has 3 heterocycles. The Morgan fingerprint density at radius 1 is 1.21 bits per heavy atom. The number of amides is 2. The summed E-state index contributed by atoms with van der Waals surface area (Å²) in [4.78, 5) is 18.9. The number of fused-ring (bicyclic) bond motifs is 1. The van der Waals surface area contributed by atoms with Crippen molar-refractivity contribution in [3.63, 3.8) is 0 Å². The Balaban J connectivity index is 1.24. The predicted molar refractivity (Wildman–Crippen MR) is 109 cm³/mol. The van der Waals surface area contributed by atoms with Crippen LogP contribution in [0.15, 0.2) is 59.3 Å². The van der Waals surface area contributed by atoms with Crippen LogP contribution in [-0.2, 0) is 6.54 Å². The van der Waals surface area contributed by atoms with Gasteiger partial charge in [0, 0.05) is 43.5 Å². The van der Waals surface area contributed by atoms with Gasteiger partial charge in [0.15, 0.2) is 0 Å². The van der Waals surface area contributed by atoms with Crippen LogP contribution < -0.4 is 10.6 Å². The van der Waals surface area contributed by atoms with Gasteiger partial charge < -0.3 is 15.1 Å². The van der Waals surface area contributed by atoms with Crippen molar-refractivity contribution in [3.05, 3.63) is 66.2 Å². The molecule has 0 unspecified atom stereocenters. The SMILES string of the molecule is C[C@@H](NC(=O)NC1CCN(Cc2ccncc2)CC1)c1cc2ccccc2o1. The van der Waals surface area contributed by atoms with E-state index in [0.29, 0.717) is 0 Å². The Kier molecular flexibility index (Phi) is 5.58. The molecule has 1 aliphatic rings. The Morgan fingerprint density at radius 3 is 2.71 bits per heavy atom. The second-order valence-corrected chi connectivity index (χ2v) is 7.43. The minimum absolute atomic E-state index is 0.138. The first-order valence-electron chi connectivity index (χ1n) is 9.84. The van der Waals surface area contributed by atoms with Gasteiger partial charge in [-0.2, -0.15) is 0 Å². The Morgan fingerprint density at radius 2 is 1.96 bits per heavy atom. The monoisotopic (exact) mass is 378 g/mol. The Bertz CT molecular complexity index is 883. The lowest BCUT2D eigenvalue weighted by atomic mass is 10.0. The maximum absolute atomic E-state index is 12.4. The molecule has 0 aliphatic carbocycles. The maximum Gasteiger partial charge on any atom is 0.315 e. The fourth-order valence-electron chi connectivity index (χ4n) is 3.69. The zero-order valence-corrected chi connectivity index (χ0v) is 16.1. The number of nitrogens with one attached hydrogen (secondary N) is 2. The van der Waals surface area contributed by atoms with Gasteiger partial charge in [0.05, 0.1) is 6.04 Å². The highest BCUT2D eigenvalue weighted by molar-refractivity contribution is 5.78. The number of hydrogen-bond donors (Lipinski definition) is 2. The van der Waals surface area contributed by atoms with Gasteiger partial charge in [-0.05, 0) is 49.6 Å². The first kappa shape index (κ1) is 18.5. The third kappa shape index (κ3) is 4.51. The van der Waals surface area contributed by atoms with Crippen molar-refractivity contribution in [1.82, 2.24) is 20.5 Å². The van der Waals surface area contributed by atoms with E-state index in [9.17, 15) is 4.79 Å². The van der Waals surface area contributed by atoms with Crippen molar-refractivity contribution in [2.75, 3.05) is 13.1 Å². The molecule has 146 valence electrons. The van der Waals surface area contributed by atoms with E-state index < -0.39 is 0 Å². The standard InChI is InChI=1S/C22H26N4O2/c1-16(21-14-18-4-2-3-5-20(18)28-21)24-22(27)25-19-8-12-26(13-9-19)15-17-6-10-23-11-7-17/h2-7,10-11,14,16,19H,8-9,12-13,15H2,1H3,(H2,24,25,27)/t16-/m1/s1. The van der Waals surface area contributed by atoms with Gasteiger partial charge in [-0.1, -0.05) is 18.2 Å². The fraction of sp³-hybridized carbons (Fsp3) is 0.364. The van der Waals surface area contributed by atoms with Crippen LogP contribution in [0.2, 0.25) is 0 Å². The summed E-state index contributed by atoms with van der Waals surface area (Å²) in [5.41, 5.74) is 2.12. The fourth-order valence-corrected chi connectivity index (χ4v) is 3.69. The van der Waals surface area contributed by atoms with Crippen molar-refractivity contribution in [3.8, 4) is 0 Å². The molecule has 3 aromatic rings. The van der Waals surface area contributed by atoms with Crippen LogP contribution in [-0.4, -0.2) is 35.0 Å². The van der Waals surface area contributed by atoms with Crippen molar-refractivity contribution >= 4 is 17.0 Å². The molecular weight excluding hydrogens is 352 g/mol. The molecule has 4 rings (SSSR count). The van der Waals surface area contributed by atoms with Crippen molar-refractivity contribution in [1.29, 1.82) is 0 Å². The molecule has 0 spiro atoms. The number of benzene rings is 1. The highest BCUT2D eigenvalue weighted by Crippen LogP contribution is 2.23. The second kappa shape index (κ2) is 8.44. The molecule has 0 bridgehead atoms. The molecule has 0 radical (unpaired) electrons. The number of nitrogens with zero attached hydrogens (tertiary/aromatic N) is 2. The number of para-hydroxylation sites is 1. The molecule has 0 saturated carbocycles. The molecule has 6 heteroatoms. The van der Waals surface area contributed by atoms with Crippen LogP contribution in [0.1, 0.15) is 37.1 Å². The topological polar surface area (TPSA) is 70.4 Å². The summed E-state index contributed by atoms with van der Waals surface area (Å²) < 4.78 is 5.84. The molecule has 6 nitrogen and oxygen atoms in total. The van der Waals surface area contributed by atoms with E-state index in [4.69, 9.17) is 4.42 Å². The number of furan rings is 1. The minimum Gasteiger partial charge on any atom is -0.459 e. The molecule has 1 saturated heterocycles. The lowest BCUT2D eigenvalue weighted by Gasteiger charge is -2.32. The first-order chi connectivity index (χ1) is 13.7. The van der Waals surface area contributed by atoms with Crippen molar-refractivity contribution < 1.29 is 9.21 Å². The lowest BCUT2D eigenvalue weighted by molar-refractivity contribution is 0.185. The largest absolute Gasteiger partial charge is 0.459 e. The van der Waals surface area contributed by atoms with Gasteiger partial charge in [-0.25, -0.2) is 4.79 Å². The average molecular weight is 378 g/mol. The van der Waals surface area contributed by atoms with E-state index in [1.807, 2.05) is 49.6 Å². The van der Waals surface area contributed by atoms with Crippen molar-refractivity contribution in [2.45, 2.75) is 38.4 Å². The molecule has 1 fully saturated rings. The van der Waals surface area contributed by atoms with E-state index in [2.05, 4.69) is 32.7 Å². The van der Waals surface area contributed by atoms with Crippen LogP contribution in [0.3, 0.4) is 0 Å². The summed E-state index contributed by atoms with van der Waals surface area (Å²) in [5, 5.41) is 7.15. The highest BCUT2D eigenvalue weighted by atomic mass is 16.3. The molecule has 1 aliphatic heterocycles. The smallest absolute Gasteiger partial charge is 0.315 e. The number of urea groups is 1. The van der Waals surface area contributed by atoms with Crippen LogP contribution in [0.4, 0.5) is 4.79 Å². The summed E-state index contributed by atoms with van der Waals surface area (Å²) >= 11 is 0. The number of likely N-dealkylation sites (tertiary alicyclic amines) is 1. The van der Waals surface area contributed by atoms with E-state index in [-0.39, 0.29) is 18.1 Å². The number of aromatic nitrogens is 1. The predicted octanol–water partition coefficient (Wildman–Crippen LogP) is 3.85. The number of carbonyl (C=O) groups is 1. The van der Waals surface area contributed by atoms with Gasteiger partial charge in [0.2, 0.25) is 0 Å². The molecule has 2 N–H and O–H groups in total. The third-order valence-electron chi connectivity index (χ3n) is 5.30. The Hall–Kier alpha value is -2.86. The number of pyridine rings is 1. The van der Waals surface area contributed by atoms with Crippen molar-refractivity contribution in [2.24, 2.45) is 0 Å². The van der Waals surface area contributed by atoms with Gasteiger partial charge in [-0.3, -0.25) is 9.88 Å². The molecule has 1 aromatic carbocycles. The van der Waals surface area contributed by atoms with Gasteiger partial charge >= 0.3 is 6.03 Å². The van der Waals surface area contributed by atoms with Crippen LogP contribution in [0, 0.1) is 0 Å². The van der Waals surface area contributed by atoms with Gasteiger partial charge in [-0.15, -0.1) is 0 Å². The molecule has 1 atom stereocenters. The molecule has 28 heavy (non-hydrogen) atoms. The molecular formula is C22H26N4O2. The minimum atomic E-state index is -0.181. The van der Waals surface area contributed by atoms with E-state index in [1.165, 1.54) is 5.56 Å². The number of carbonyl (C=O) groups excluding carboxylic acids is 1. The quantitative estimate of drug-likeness (QED) is 0.707. The van der Waals surface area contributed by atoms with Crippen LogP contribution in [0.5, 0.6) is 0 Å². The zero-order valence-electron chi connectivity index (χ0n) is 16.1. The van der Waals surface area contributed by atoms with E-state index in [0.717, 1.165) is 49.2 Å². The summed E-state index contributed by atoms with van der Waals surface area (Å²) in [6, 6.07) is 13.8. The van der Waals surface area contributed by atoms with E-state index >= 15 is 0 Å². The highest BCUT2D eigenvalue weighted by Gasteiger charge is 2.22. The third-order valence-corrected chi connectivity index (χ3v) is 5.30. The maximum atomic E-state index is 12.4. The van der Waals surface area contributed by atoms with Crippen LogP contribution >= 0.6 is 0 Å². The summed E-state index contributed by atoms with van der Waals surface area (Å²) in [7, 11) is 0. The zero-order chi connectivity index (χ0) is 19.3. The molecule has 2 aromatic heterocycles. The first-order valence-corrected chi connectivity index (χ1v) is 9.84. The average Bonchev–Trinajstić information content (AvgIpc) is 3.15.